The van der Waals surface area contributed by atoms with Crippen molar-refractivity contribution in [2.24, 2.45) is 0 Å². The van der Waals surface area contributed by atoms with Crippen LogP contribution in [0.15, 0.2) is 35.2 Å². The molecule has 110 valence electrons. The van der Waals surface area contributed by atoms with Crippen molar-refractivity contribution >= 4 is 16.0 Å². The number of aliphatic carboxylic acids is 1. The molecule has 1 fully saturated rings. The minimum atomic E-state index is -3.74. The molecule has 2 rings (SSSR count). The van der Waals surface area contributed by atoms with Crippen LogP contribution in [-0.4, -0.2) is 36.4 Å². The molecule has 1 aromatic carbocycles. The first-order chi connectivity index (χ1) is 9.51. The molecule has 1 aliphatic rings. The number of hydrogen-bond donors (Lipinski definition) is 1. The highest BCUT2D eigenvalue weighted by molar-refractivity contribution is 7.89. The summed E-state index contributed by atoms with van der Waals surface area (Å²) in [6.07, 6.45) is 4.46. The van der Waals surface area contributed by atoms with E-state index in [1.807, 2.05) is 0 Å². The highest BCUT2D eigenvalue weighted by Gasteiger charge is 2.33. The van der Waals surface area contributed by atoms with Gasteiger partial charge in [-0.05, 0) is 25.0 Å². The maximum absolute atomic E-state index is 12.6. The Balaban J connectivity index is 2.32. The lowest BCUT2D eigenvalue weighted by molar-refractivity contribution is -0.137. The van der Waals surface area contributed by atoms with Crippen LogP contribution in [0.5, 0.6) is 0 Å². The van der Waals surface area contributed by atoms with E-state index in [-0.39, 0.29) is 10.9 Å². The van der Waals surface area contributed by atoms with E-state index in [2.05, 4.69) is 0 Å². The summed E-state index contributed by atoms with van der Waals surface area (Å²) in [6, 6.07) is 7.84. The zero-order valence-electron chi connectivity index (χ0n) is 11.2. The topological polar surface area (TPSA) is 74.7 Å². The molecule has 1 saturated carbocycles. The van der Waals surface area contributed by atoms with Gasteiger partial charge >= 0.3 is 5.97 Å². The third-order valence-electron chi connectivity index (χ3n) is 3.62. The van der Waals surface area contributed by atoms with Gasteiger partial charge in [-0.15, -0.1) is 0 Å². The van der Waals surface area contributed by atoms with Crippen molar-refractivity contribution < 1.29 is 18.3 Å². The van der Waals surface area contributed by atoms with E-state index in [1.54, 1.807) is 18.2 Å². The van der Waals surface area contributed by atoms with Gasteiger partial charge < -0.3 is 5.11 Å². The lowest BCUT2D eigenvalue weighted by atomic mass is 9.95. The summed E-state index contributed by atoms with van der Waals surface area (Å²) in [5.41, 5.74) is 0. The SMILES string of the molecule is O=C(O)CN(C1CCCCC1)S(=O)(=O)c1ccccc1. The minimum Gasteiger partial charge on any atom is -0.480 e. The average molecular weight is 297 g/mol. The number of hydrogen-bond acceptors (Lipinski definition) is 3. The molecule has 0 atom stereocenters. The van der Waals surface area contributed by atoms with Gasteiger partial charge in [-0.3, -0.25) is 4.79 Å². The van der Waals surface area contributed by atoms with Crippen LogP contribution in [0.3, 0.4) is 0 Å². The molecule has 0 aromatic heterocycles. The van der Waals surface area contributed by atoms with Gasteiger partial charge in [0.25, 0.3) is 0 Å². The standard InChI is InChI=1S/C14H19NO4S/c16-14(17)11-15(12-7-3-1-4-8-12)20(18,19)13-9-5-2-6-10-13/h2,5-6,9-10,12H,1,3-4,7-8,11H2,(H,16,17). The van der Waals surface area contributed by atoms with E-state index in [1.165, 1.54) is 12.1 Å². The molecular weight excluding hydrogens is 278 g/mol. The molecule has 0 aliphatic heterocycles. The second kappa shape index (κ2) is 6.37. The van der Waals surface area contributed by atoms with Crippen LogP contribution in [0.1, 0.15) is 32.1 Å². The summed E-state index contributed by atoms with van der Waals surface area (Å²) in [6.45, 7) is -0.470. The van der Waals surface area contributed by atoms with Crippen LogP contribution in [0, 0.1) is 0 Å². The van der Waals surface area contributed by atoms with Gasteiger partial charge in [0.15, 0.2) is 0 Å². The predicted molar refractivity (Wildman–Crippen MR) is 74.8 cm³/mol. The van der Waals surface area contributed by atoms with Crippen molar-refractivity contribution in [1.29, 1.82) is 0 Å². The first kappa shape index (κ1) is 15.0. The van der Waals surface area contributed by atoms with Gasteiger partial charge in [-0.25, -0.2) is 8.42 Å². The lowest BCUT2D eigenvalue weighted by Crippen LogP contribution is -2.44. The molecular formula is C14H19NO4S. The second-order valence-corrected chi connectivity index (χ2v) is 6.94. The number of benzene rings is 1. The number of rotatable bonds is 5. The highest BCUT2D eigenvalue weighted by Crippen LogP contribution is 2.27. The number of carbonyl (C=O) groups is 1. The summed E-state index contributed by atoms with van der Waals surface area (Å²) < 4.78 is 26.4. The van der Waals surface area contributed by atoms with E-state index in [4.69, 9.17) is 5.11 Å². The van der Waals surface area contributed by atoms with Crippen LogP contribution >= 0.6 is 0 Å². The Morgan fingerprint density at radius 3 is 2.30 bits per heavy atom. The molecule has 5 nitrogen and oxygen atoms in total. The third-order valence-corrected chi connectivity index (χ3v) is 5.54. The van der Waals surface area contributed by atoms with Crippen molar-refractivity contribution in [3.8, 4) is 0 Å². The number of carboxylic acid groups (broad SMARTS) is 1. The van der Waals surface area contributed by atoms with Gasteiger partial charge in [-0.1, -0.05) is 37.5 Å². The van der Waals surface area contributed by atoms with Crippen LogP contribution < -0.4 is 0 Å². The Kier molecular flexibility index (Phi) is 4.77. The fourth-order valence-corrected chi connectivity index (χ4v) is 4.30. The van der Waals surface area contributed by atoms with E-state index in [9.17, 15) is 13.2 Å². The van der Waals surface area contributed by atoms with E-state index < -0.39 is 22.5 Å². The molecule has 6 heteroatoms. The molecule has 1 N–H and O–H groups in total. The smallest absolute Gasteiger partial charge is 0.318 e. The lowest BCUT2D eigenvalue weighted by Gasteiger charge is -2.32. The number of nitrogens with zero attached hydrogens (tertiary/aromatic N) is 1. The largest absolute Gasteiger partial charge is 0.480 e. The second-order valence-electron chi connectivity index (χ2n) is 5.05. The Labute approximate surface area is 119 Å². The van der Waals surface area contributed by atoms with Gasteiger partial charge in [0.2, 0.25) is 10.0 Å². The molecule has 0 bridgehead atoms. The van der Waals surface area contributed by atoms with Crippen molar-refractivity contribution in [3.63, 3.8) is 0 Å². The number of sulfonamides is 1. The van der Waals surface area contributed by atoms with Crippen LogP contribution in [-0.2, 0) is 14.8 Å². The summed E-state index contributed by atoms with van der Waals surface area (Å²) in [4.78, 5) is 11.2. The van der Waals surface area contributed by atoms with Gasteiger partial charge in [0.1, 0.15) is 6.54 Å². The van der Waals surface area contributed by atoms with Crippen LogP contribution in [0.4, 0.5) is 0 Å². The average Bonchev–Trinajstić information content (AvgIpc) is 2.46. The van der Waals surface area contributed by atoms with Crippen molar-refractivity contribution in [3.05, 3.63) is 30.3 Å². The first-order valence-electron chi connectivity index (χ1n) is 6.80. The van der Waals surface area contributed by atoms with Gasteiger partial charge in [-0.2, -0.15) is 4.31 Å². The first-order valence-corrected chi connectivity index (χ1v) is 8.24. The minimum absolute atomic E-state index is 0.159. The van der Waals surface area contributed by atoms with Crippen molar-refractivity contribution in [1.82, 2.24) is 4.31 Å². The van der Waals surface area contributed by atoms with Gasteiger partial charge in [0.05, 0.1) is 4.90 Å². The van der Waals surface area contributed by atoms with E-state index in [0.717, 1.165) is 36.4 Å². The van der Waals surface area contributed by atoms with Crippen molar-refractivity contribution in [2.45, 2.75) is 43.0 Å². The molecule has 0 amide bonds. The normalized spacial score (nSPS) is 17.2. The van der Waals surface area contributed by atoms with E-state index in [0.29, 0.717) is 0 Å². The molecule has 20 heavy (non-hydrogen) atoms. The zero-order chi connectivity index (χ0) is 14.6. The molecule has 1 aliphatic carbocycles. The predicted octanol–water partition coefficient (Wildman–Crippen LogP) is 2.09. The Morgan fingerprint density at radius 1 is 1.15 bits per heavy atom. The fourth-order valence-electron chi connectivity index (χ4n) is 2.64. The monoisotopic (exact) mass is 297 g/mol. The fraction of sp³-hybridized carbons (Fsp3) is 0.500. The summed E-state index contributed by atoms with van der Waals surface area (Å²) >= 11 is 0. The molecule has 0 spiro atoms. The quantitative estimate of drug-likeness (QED) is 0.903. The van der Waals surface area contributed by atoms with Crippen molar-refractivity contribution in [2.75, 3.05) is 6.54 Å². The van der Waals surface area contributed by atoms with E-state index >= 15 is 0 Å². The number of carboxylic acids is 1. The molecule has 0 heterocycles. The van der Waals surface area contributed by atoms with Crippen LogP contribution in [0.25, 0.3) is 0 Å². The molecule has 1 aromatic rings. The summed E-state index contributed by atoms with van der Waals surface area (Å²) in [5.74, 6) is -1.12. The molecule has 0 unspecified atom stereocenters. The third kappa shape index (κ3) is 3.37. The Bertz CT molecular complexity index is 550. The maximum Gasteiger partial charge on any atom is 0.318 e. The zero-order valence-corrected chi connectivity index (χ0v) is 12.1. The summed E-state index contributed by atoms with van der Waals surface area (Å²) in [7, 11) is -3.74. The highest BCUT2D eigenvalue weighted by atomic mass is 32.2. The Morgan fingerprint density at radius 2 is 1.75 bits per heavy atom. The molecule has 0 radical (unpaired) electrons. The van der Waals surface area contributed by atoms with Gasteiger partial charge in [0, 0.05) is 6.04 Å². The molecule has 0 saturated heterocycles. The maximum atomic E-state index is 12.6. The summed E-state index contributed by atoms with van der Waals surface area (Å²) in [5, 5.41) is 9.02. The van der Waals surface area contributed by atoms with Crippen LogP contribution in [0.2, 0.25) is 0 Å². The Hall–Kier alpha value is -1.40.